The molecule has 0 bridgehead atoms. The number of aromatic nitrogens is 1. The molecule has 1 saturated carbocycles. The average Bonchev–Trinajstić information content (AvgIpc) is 3.15. The number of ketones is 1. The molecule has 33 heavy (non-hydrogen) atoms. The number of hydrogen-bond acceptors (Lipinski definition) is 6. The van der Waals surface area contributed by atoms with Gasteiger partial charge < -0.3 is 14.6 Å². The maximum absolute atomic E-state index is 16.9. The third-order valence-electron chi connectivity index (χ3n) is 6.32. The van der Waals surface area contributed by atoms with Crippen molar-refractivity contribution in [3.63, 3.8) is 0 Å². The van der Waals surface area contributed by atoms with E-state index in [9.17, 15) is 14.7 Å². The van der Waals surface area contributed by atoms with Gasteiger partial charge in [0.15, 0.2) is 5.60 Å². The Morgan fingerprint density at radius 3 is 2.52 bits per heavy atom. The number of ether oxygens (including phenoxy) is 2. The predicted molar refractivity (Wildman–Crippen MR) is 120 cm³/mol. The van der Waals surface area contributed by atoms with Crippen LogP contribution < -0.4 is 4.74 Å². The van der Waals surface area contributed by atoms with Gasteiger partial charge in [0.1, 0.15) is 11.4 Å². The number of aliphatic hydroxyl groups is 1. The minimum absolute atomic E-state index is 0.0223. The van der Waals surface area contributed by atoms with Crippen molar-refractivity contribution in [2.75, 3.05) is 7.11 Å². The standard InChI is InChI=1S/C24H16BrClFNO5/c1-32-21(30)22(27)18(13-5-3-2-4-6-13)24(14-7-9-15(25)10-8-14)23(31,20(22)29)19-17(33-24)11-16(26)12-28-19/h2-12,18,31H,1H3/t18-,22-,23+,24+/m1/s1. The first kappa shape index (κ1) is 22.0. The molecule has 2 aromatic carbocycles. The molecule has 2 aliphatic rings. The molecular weight excluding hydrogens is 517 g/mol. The summed E-state index contributed by atoms with van der Waals surface area (Å²) in [5, 5.41) is 12.3. The molecule has 0 radical (unpaired) electrons. The minimum atomic E-state index is -3.27. The van der Waals surface area contributed by atoms with Crippen molar-refractivity contribution in [2.45, 2.75) is 22.8 Å². The monoisotopic (exact) mass is 531 g/mol. The maximum atomic E-state index is 16.9. The Balaban J connectivity index is 1.92. The minimum Gasteiger partial charge on any atom is -0.476 e. The van der Waals surface area contributed by atoms with Gasteiger partial charge in [-0.25, -0.2) is 9.18 Å². The molecule has 2 heterocycles. The summed E-state index contributed by atoms with van der Waals surface area (Å²) in [4.78, 5) is 30.8. The Hall–Kier alpha value is -2.81. The smallest absolute Gasteiger partial charge is 0.352 e. The van der Waals surface area contributed by atoms with Gasteiger partial charge in [0.2, 0.25) is 11.4 Å². The molecule has 0 saturated heterocycles. The van der Waals surface area contributed by atoms with E-state index in [0.717, 1.165) is 7.11 Å². The topological polar surface area (TPSA) is 85.7 Å². The lowest BCUT2D eigenvalue weighted by Crippen LogP contribution is -2.51. The first-order chi connectivity index (χ1) is 15.7. The van der Waals surface area contributed by atoms with Crippen LogP contribution >= 0.6 is 27.5 Å². The highest BCUT2D eigenvalue weighted by Crippen LogP contribution is 2.68. The van der Waals surface area contributed by atoms with E-state index in [-0.39, 0.29) is 27.6 Å². The number of carbonyl (C=O) groups excluding carboxylic acids is 2. The number of benzene rings is 2. The van der Waals surface area contributed by atoms with E-state index in [0.29, 0.717) is 4.47 Å². The van der Waals surface area contributed by atoms with Crippen molar-refractivity contribution in [2.24, 2.45) is 0 Å². The molecule has 0 unspecified atom stereocenters. The third kappa shape index (κ3) is 2.65. The molecule has 168 valence electrons. The van der Waals surface area contributed by atoms with E-state index < -0.39 is 34.5 Å². The van der Waals surface area contributed by atoms with Gasteiger partial charge in [-0.3, -0.25) is 9.78 Å². The first-order valence-corrected chi connectivity index (χ1v) is 11.1. The highest BCUT2D eigenvalue weighted by Gasteiger charge is 2.85. The molecule has 1 aliphatic heterocycles. The molecule has 1 N–H and O–H groups in total. The van der Waals surface area contributed by atoms with E-state index in [2.05, 4.69) is 20.9 Å². The normalized spacial score (nSPS) is 29.8. The summed E-state index contributed by atoms with van der Waals surface area (Å²) >= 11 is 9.45. The molecule has 6 nitrogen and oxygen atoms in total. The van der Waals surface area contributed by atoms with Crippen LogP contribution in [0.15, 0.2) is 71.3 Å². The lowest BCUT2D eigenvalue weighted by molar-refractivity contribution is -0.164. The second-order valence-electron chi connectivity index (χ2n) is 7.93. The number of hydrogen-bond donors (Lipinski definition) is 1. The Morgan fingerprint density at radius 1 is 1.21 bits per heavy atom. The number of esters is 1. The van der Waals surface area contributed by atoms with Gasteiger partial charge in [-0.2, -0.15) is 0 Å². The van der Waals surface area contributed by atoms with Crippen LogP contribution in [-0.4, -0.2) is 34.6 Å². The summed E-state index contributed by atoms with van der Waals surface area (Å²) in [6.07, 6.45) is 1.22. The Morgan fingerprint density at radius 2 is 1.88 bits per heavy atom. The Kier molecular flexibility index (Phi) is 4.90. The first-order valence-electron chi connectivity index (χ1n) is 9.92. The van der Waals surface area contributed by atoms with E-state index in [1.165, 1.54) is 12.3 Å². The molecule has 0 spiro atoms. The van der Waals surface area contributed by atoms with Crippen molar-refractivity contribution in [1.29, 1.82) is 0 Å². The summed E-state index contributed by atoms with van der Waals surface area (Å²) in [6, 6.07) is 16.0. The molecule has 4 atom stereocenters. The summed E-state index contributed by atoms with van der Waals surface area (Å²) in [5.41, 5.74) is -7.68. The van der Waals surface area contributed by atoms with E-state index in [1.807, 2.05) is 0 Å². The highest BCUT2D eigenvalue weighted by atomic mass is 79.9. The van der Waals surface area contributed by atoms with Crippen LogP contribution in [0.1, 0.15) is 22.7 Å². The third-order valence-corrected chi connectivity index (χ3v) is 7.06. The fourth-order valence-electron chi connectivity index (χ4n) is 5.01. The van der Waals surface area contributed by atoms with E-state index in [4.69, 9.17) is 21.1 Å². The molecule has 1 aliphatic carbocycles. The average molecular weight is 533 g/mol. The van der Waals surface area contributed by atoms with Gasteiger partial charge in [0.05, 0.1) is 18.1 Å². The van der Waals surface area contributed by atoms with Crippen LogP contribution in [0.5, 0.6) is 5.75 Å². The Bertz CT molecular complexity index is 1290. The second kappa shape index (κ2) is 7.35. The zero-order chi connectivity index (χ0) is 23.6. The zero-order valence-corrected chi connectivity index (χ0v) is 19.4. The summed E-state index contributed by atoms with van der Waals surface area (Å²) in [6.45, 7) is 0. The number of carbonyl (C=O) groups is 2. The van der Waals surface area contributed by atoms with Crippen LogP contribution in [0.4, 0.5) is 4.39 Å². The number of pyridine rings is 1. The van der Waals surface area contributed by atoms with Crippen LogP contribution in [-0.2, 0) is 25.5 Å². The van der Waals surface area contributed by atoms with Crippen LogP contribution in [0, 0.1) is 0 Å². The second-order valence-corrected chi connectivity index (χ2v) is 9.28. The molecular formula is C24H16BrClFNO5. The molecule has 3 aromatic rings. The number of halogens is 3. The summed E-state index contributed by atoms with van der Waals surface area (Å²) in [7, 11) is 0.982. The van der Waals surface area contributed by atoms with Crippen molar-refractivity contribution in [1.82, 2.24) is 4.98 Å². The predicted octanol–water partition coefficient (Wildman–Crippen LogP) is 4.22. The number of nitrogens with zero attached hydrogens (tertiary/aromatic N) is 1. The van der Waals surface area contributed by atoms with Crippen molar-refractivity contribution < 1.29 is 28.6 Å². The molecule has 0 amide bonds. The van der Waals surface area contributed by atoms with Gasteiger partial charge >= 0.3 is 5.97 Å². The number of Topliss-reactive ketones (excluding diaryl/α,β-unsaturated/α-hetero) is 1. The number of rotatable bonds is 3. The SMILES string of the molecule is COC(=O)[C@]1(F)C(=O)[C@@]2(O)c3ncc(Cl)cc3O[C@@]2(c2ccc(Br)cc2)[C@@H]1c1ccccc1. The van der Waals surface area contributed by atoms with Gasteiger partial charge in [-0.1, -0.05) is 70.0 Å². The van der Waals surface area contributed by atoms with Gasteiger partial charge in [-0.15, -0.1) is 0 Å². The maximum Gasteiger partial charge on any atom is 0.352 e. The quantitative estimate of drug-likeness (QED) is 0.402. The van der Waals surface area contributed by atoms with Crippen LogP contribution in [0.3, 0.4) is 0 Å². The van der Waals surface area contributed by atoms with Crippen molar-refractivity contribution >= 4 is 39.3 Å². The van der Waals surface area contributed by atoms with Crippen LogP contribution in [0.25, 0.3) is 0 Å². The van der Waals surface area contributed by atoms with Crippen molar-refractivity contribution in [3.8, 4) is 5.75 Å². The lowest BCUT2D eigenvalue weighted by Gasteiger charge is -2.39. The number of fused-ring (bicyclic) bond motifs is 3. The lowest BCUT2D eigenvalue weighted by atomic mass is 9.71. The zero-order valence-electron chi connectivity index (χ0n) is 17.1. The highest BCUT2D eigenvalue weighted by molar-refractivity contribution is 9.10. The van der Waals surface area contributed by atoms with Crippen LogP contribution in [0.2, 0.25) is 5.02 Å². The summed E-state index contributed by atoms with van der Waals surface area (Å²) < 4.78 is 28.6. The molecule has 1 fully saturated rings. The summed E-state index contributed by atoms with van der Waals surface area (Å²) in [5.74, 6) is -4.42. The molecule has 9 heteroatoms. The number of methoxy groups -OCH3 is 1. The largest absolute Gasteiger partial charge is 0.476 e. The fraction of sp³-hybridized carbons (Fsp3) is 0.208. The van der Waals surface area contributed by atoms with E-state index >= 15 is 4.39 Å². The van der Waals surface area contributed by atoms with Crippen molar-refractivity contribution in [3.05, 3.63) is 93.2 Å². The Labute approximate surface area is 201 Å². The molecule has 1 aromatic heterocycles. The van der Waals surface area contributed by atoms with Gasteiger partial charge in [-0.05, 0) is 17.7 Å². The van der Waals surface area contributed by atoms with Gasteiger partial charge in [0, 0.05) is 22.3 Å². The van der Waals surface area contributed by atoms with E-state index in [1.54, 1.807) is 54.6 Å². The number of alkyl halides is 1. The molecule has 5 rings (SSSR count). The van der Waals surface area contributed by atoms with Gasteiger partial charge in [0.25, 0.3) is 5.67 Å². The fourth-order valence-corrected chi connectivity index (χ4v) is 5.43.